The molecule has 0 unspecified atom stereocenters. The van der Waals surface area contributed by atoms with E-state index in [-0.39, 0.29) is 5.69 Å². The number of hydrogen-bond donors (Lipinski definition) is 2. The van der Waals surface area contributed by atoms with Gasteiger partial charge in [0.1, 0.15) is 5.69 Å². The average molecular weight is 388 g/mol. The molecule has 2 aromatic heterocycles. The summed E-state index contributed by atoms with van der Waals surface area (Å²) in [4.78, 5) is 25.3. The van der Waals surface area contributed by atoms with Gasteiger partial charge in [-0.2, -0.15) is 0 Å². The molecule has 0 radical (unpaired) electrons. The summed E-state index contributed by atoms with van der Waals surface area (Å²) < 4.78 is 0. The van der Waals surface area contributed by atoms with Crippen molar-refractivity contribution in [3.63, 3.8) is 0 Å². The van der Waals surface area contributed by atoms with Gasteiger partial charge in [0.15, 0.2) is 0 Å². The minimum absolute atomic E-state index is 0.220. The van der Waals surface area contributed by atoms with Gasteiger partial charge in [0.2, 0.25) is 5.95 Å². The predicted octanol–water partition coefficient (Wildman–Crippen LogP) is 4.35. The molecule has 2 heterocycles. The van der Waals surface area contributed by atoms with Crippen molar-refractivity contribution in [3.05, 3.63) is 75.8 Å². The third kappa shape index (κ3) is 4.68. The Bertz CT molecular complexity index is 934. The molecule has 26 heavy (non-hydrogen) atoms. The molecule has 3 rings (SSSR count). The molecule has 0 bridgehead atoms. The molecule has 0 atom stereocenters. The largest absolute Gasteiger partial charge is 0.349 e. The Morgan fingerprint density at radius 1 is 1.12 bits per heavy atom. The second kappa shape index (κ2) is 8.12. The van der Waals surface area contributed by atoms with Crippen LogP contribution in [-0.4, -0.2) is 20.9 Å². The number of carbonyl (C=O) groups is 1. The van der Waals surface area contributed by atoms with E-state index in [1.54, 1.807) is 37.4 Å². The van der Waals surface area contributed by atoms with Crippen LogP contribution in [0.1, 0.15) is 21.9 Å². The Kier molecular flexibility index (Phi) is 5.65. The average Bonchev–Trinajstić information content (AvgIpc) is 2.63. The molecule has 0 aliphatic carbocycles. The van der Waals surface area contributed by atoms with Gasteiger partial charge in [0.05, 0.1) is 22.9 Å². The summed E-state index contributed by atoms with van der Waals surface area (Å²) in [7, 11) is 0. The number of halogens is 2. The maximum Gasteiger partial charge on any atom is 0.274 e. The van der Waals surface area contributed by atoms with Crippen molar-refractivity contribution < 1.29 is 4.79 Å². The van der Waals surface area contributed by atoms with Gasteiger partial charge < -0.3 is 10.6 Å². The minimum atomic E-state index is -0.402. The highest BCUT2D eigenvalue weighted by molar-refractivity contribution is 6.35. The van der Waals surface area contributed by atoms with Gasteiger partial charge >= 0.3 is 0 Å². The monoisotopic (exact) mass is 387 g/mol. The Labute approximate surface area is 160 Å². The molecule has 0 saturated heterocycles. The molecule has 1 aromatic carbocycles. The lowest BCUT2D eigenvalue weighted by molar-refractivity contribution is 0.102. The number of hydrogen-bond acceptors (Lipinski definition) is 5. The minimum Gasteiger partial charge on any atom is -0.349 e. The Balaban J connectivity index is 1.76. The molecule has 8 heteroatoms. The summed E-state index contributed by atoms with van der Waals surface area (Å²) in [6.07, 6.45) is 1.71. The van der Waals surface area contributed by atoms with Gasteiger partial charge in [-0.1, -0.05) is 29.3 Å². The van der Waals surface area contributed by atoms with E-state index in [0.717, 1.165) is 5.69 Å². The summed E-state index contributed by atoms with van der Waals surface area (Å²) in [5.74, 6) is -0.0569. The fourth-order valence-corrected chi connectivity index (χ4v) is 2.55. The van der Waals surface area contributed by atoms with Gasteiger partial charge in [-0.15, -0.1) is 0 Å². The third-order valence-corrected chi connectivity index (χ3v) is 3.98. The lowest BCUT2D eigenvalue weighted by atomic mass is 10.3. The molecule has 0 saturated carbocycles. The van der Waals surface area contributed by atoms with Crippen LogP contribution in [0.3, 0.4) is 0 Å². The number of pyridine rings is 1. The van der Waals surface area contributed by atoms with Gasteiger partial charge in [-0.05, 0) is 43.3 Å². The van der Waals surface area contributed by atoms with E-state index in [2.05, 4.69) is 25.6 Å². The summed E-state index contributed by atoms with van der Waals surface area (Å²) in [5, 5.41) is 6.64. The molecule has 0 spiro atoms. The van der Waals surface area contributed by atoms with Crippen LogP contribution in [0.25, 0.3) is 0 Å². The summed E-state index contributed by atoms with van der Waals surface area (Å²) >= 11 is 12.0. The first-order valence-corrected chi connectivity index (χ1v) is 8.53. The highest BCUT2D eigenvalue weighted by Crippen LogP contribution is 2.25. The molecule has 2 N–H and O–H groups in total. The number of rotatable bonds is 5. The lowest BCUT2D eigenvalue weighted by Crippen LogP contribution is -2.16. The first-order chi connectivity index (χ1) is 12.5. The number of aromatic nitrogens is 3. The normalized spacial score (nSPS) is 10.4. The third-order valence-electron chi connectivity index (χ3n) is 3.42. The Morgan fingerprint density at radius 3 is 2.73 bits per heavy atom. The van der Waals surface area contributed by atoms with Gasteiger partial charge in [0.25, 0.3) is 5.91 Å². The maximum absolute atomic E-state index is 12.5. The predicted molar refractivity (Wildman–Crippen MR) is 103 cm³/mol. The highest BCUT2D eigenvalue weighted by atomic mass is 35.5. The summed E-state index contributed by atoms with van der Waals surface area (Å²) in [6, 6.07) is 12.1. The van der Waals surface area contributed by atoms with Crippen LogP contribution in [0.4, 0.5) is 11.6 Å². The van der Waals surface area contributed by atoms with E-state index in [4.69, 9.17) is 23.2 Å². The first kappa shape index (κ1) is 18.1. The topological polar surface area (TPSA) is 79.8 Å². The molecular formula is C18H15Cl2N5O. The van der Waals surface area contributed by atoms with E-state index in [1.807, 2.05) is 18.2 Å². The number of nitrogens with zero attached hydrogens (tertiary/aromatic N) is 3. The number of benzene rings is 1. The van der Waals surface area contributed by atoms with Crippen LogP contribution in [0.5, 0.6) is 0 Å². The van der Waals surface area contributed by atoms with Crippen LogP contribution >= 0.6 is 23.2 Å². The Hall–Kier alpha value is -2.70. The maximum atomic E-state index is 12.5. The SMILES string of the molecule is Cc1cc(C(=O)Nc2cc(Cl)ccc2Cl)nc(NCc2ccccn2)n1. The number of amides is 1. The van der Waals surface area contributed by atoms with Crippen molar-refractivity contribution in [2.75, 3.05) is 10.6 Å². The molecule has 1 amide bonds. The molecule has 0 fully saturated rings. The van der Waals surface area contributed by atoms with Crippen LogP contribution < -0.4 is 10.6 Å². The zero-order valence-electron chi connectivity index (χ0n) is 13.8. The van der Waals surface area contributed by atoms with Gasteiger partial charge in [0, 0.05) is 16.9 Å². The number of anilines is 2. The summed E-state index contributed by atoms with van der Waals surface area (Å²) in [6.45, 7) is 2.24. The number of carbonyl (C=O) groups excluding carboxylic acids is 1. The van der Waals surface area contributed by atoms with E-state index in [1.165, 1.54) is 0 Å². The second-order valence-corrected chi connectivity index (χ2v) is 6.31. The fourth-order valence-electron chi connectivity index (χ4n) is 2.22. The van der Waals surface area contributed by atoms with Crippen molar-refractivity contribution in [2.24, 2.45) is 0 Å². The van der Waals surface area contributed by atoms with Crippen LogP contribution in [0.15, 0.2) is 48.7 Å². The second-order valence-electron chi connectivity index (χ2n) is 5.47. The van der Waals surface area contributed by atoms with Crippen molar-refractivity contribution >= 4 is 40.7 Å². The standard InChI is InChI=1S/C18H15Cl2N5O/c1-11-8-16(17(26)24-15-9-12(19)5-6-14(15)20)25-18(23-11)22-10-13-4-2-3-7-21-13/h2-9H,10H2,1H3,(H,24,26)(H,22,23,25). The van der Waals surface area contributed by atoms with Crippen LogP contribution in [0.2, 0.25) is 10.0 Å². The fraction of sp³-hybridized carbons (Fsp3) is 0.111. The lowest BCUT2D eigenvalue weighted by Gasteiger charge is -2.10. The Morgan fingerprint density at radius 2 is 1.96 bits per heavy atom. The smallest absolute Gasteiger partial charge is 0.274 e. The van der Waals surface area contributed by atoms with Crippen molar-refractivity contribution in [1.29, 1.82) is 0 Å². The molecule has 0 aliphatic rings. The number of aryl methyl sites for hydroxylation is 1. The van der Waals surface area contributed by atoms with E-state index >= 15 is 0 Å². The molecular weight excluding hydrogens is 373 g/mol. The zero-order valence-corrected chi connectivity index (χ0v) is 15.3. The molecule has 3 aromatic rings. The van der Waals surface area contributed by atoms with Crippen molar-refractivity contribution in [1.82, 2.24) is 15.0 Å². The van der Waals surface area contributed by atoms with Crippen LogP contribution in [0, 0.1) is 6.92 Å². The molecule has 132 valence electrons. The van der Waals surface area contributed by atoms with Crippen LogP contribution in [-0.2, 0) is 6.54 Å². The number of nitrogens with one attached hydrogen (secondary N) is 2. The van der Waals surface area contributed by atoms with E-state index in [9.17, 15) is 4.79 Å². The van der Waals surface area contributed by atoms with E-state index < -0.39 is 5.91 Å². The highest BCUT2D eigenvalue weighted by Gasteiger charge is 2.13. The zero-order chi connectivity index (χ0) is 18.5. The van der Waals surface area contributed by atoms with Crippen molar-refractivity contribution in [2.45, 2.75) is 13.5 Å². The molecule has 6 nitrogen and oxygen atoms in total. The van der Waals surface area contributed by atoms with Gasteiger partial charge in [-0.3, -0.25) is 9.78 Å². The quantitative estimate of drug-likeness (QED) is 0.679. The molecule has 0 aliphatic heterocycles. The van der Waals surface area contributed by atoms with E-state index in [0.29, 0.717) is 33.9 Å². The summed E-state index contributed by atoms with van der Waals surface area (Å²) in [5.41, 5.74) is 2.14. The van der Waals surface area contributed by atoms with Gasteiger partial charge in [-0.25, -0.2) is 9.97 Å². The first-order valence-electron chi connectivity index (χ1n) is 7.77. The van der Waals surface area contributed by atoms with Crippen molar-refractivity contribution in [3.8, 4) is 0 Å².